The van der Waals surface area contributed by atoms with E-state index in [1.165, 1.54) is 0 Å². The van der Waals surface area contributed by atoms with Gasteiger partial charge >= 0.3 is 0 Å². The van der Waals surface area contributed by atoms with E-state index in [4.69, 9.17) is 5.73 Å². The Morgan fingerprint density at radius 1 is 1.46 bits per heavy atom. The summed E-state index contributed by atoms with van der Waals surface area (Å²) in [4.78, 5) is 15.0. The second-order valence-electron chi connectivity index (χ2n) is 3.59. The van der Waals surface area contributed by atoms with E-state index in [1.54, 1.807) is 19.0 Å². The number of nitrogens with two attached hydrogens (primary N) is 1. The number of amides is 1. The molecule has 78 valence electrons. The van der Waals surface area contributed by atoms with Gasteiger partial charge in [0, 0.05) is 26.7 Å². The smallest absolute Gasteiger partial charge is 0.236 e. The van der Waals surface area contributed by atoms with Gasteiger partial charge in [0.1, 0.15) is 0 Å². The van der Waals surface area contributed by atoms with E-state index < -0.39 is 0 Å². The topological polar surface area (TPSA) is 49.6 Å². The van der Waals surface area contributed by atoms with Crippen molar-refractivity contribution < 1.29 is 4.79 Å². The summed E-state index contributed by atoms with van der Waals surface area (Å²) in [5, 5.41) is 0. The van der Waals surface area contributed by atoms with Crippen LogP contribution in [0.25, 0.3) is 0 Å². The molecular formula is C9H21N3O. The van der Waals surface area contributed by atoms with Gasteiger partial charge in [-0.1, -0.05) is 6.92 Å². The highest BCUT2D eigenvalue weighted by atomic mass is 16.2. The lowest BCUT2D eigenvalue weighted by Gasteiger charge is -2.23. The maximum absolute atomic E-state index is 11.3. The molecule has 4 nitrogen and oxygen atoms in total. The molecule has 0 aromatic carbocycles. The molecule has 0 radical (unpaired) electrons. The van der Waals surface area contributed by atoms with E-state index in [-0.39, 0.29) is 11.9 Å². The third kappa shape index (κ3) is 5.60. The first-order valence-corrected chi connectivity index (χ1v) is 4.65. The van der Waals surface area contributed by atoms with Gasteiger partial charge < -0.3 is 10.6 Å². The Bertz CT molecular complexity index is 157. The number of nitrogens with zero attached hydrogens (tertiary/aromatic N) is 2. The Morgan fingerprint density at radius 2 is 2.00 bits per heavy atom. The lowest BCUT2D eigenvalue weighted by atomic mass is 10.3. The maximum atomic E-state index is 11.3. The molecule has 13 heavy (non-hydrogen) atoms. The molecule has 0 aliphatic rings. The van der Waals surface area contributed by atoms with E-state index in [2.05, 4.69) is 0 Å². The van der Waals surface area contributed by atoms with E-state index in [0.29, 0.717) is 6.54 Å². The van der Waals surface area contributed by atoms with Gasteiger partial charge in [-0.25, -0.2) is 0 Å². The van der Waals surface area contributed by atoms with Gasteiger partial charge in [0.05, 0.1) is 6.54 Å². The zero-order chi connectivity index (χ0) is 10.4. The molecule has 0 bridgehead atoms. The Morgan fingerprint density at radius 3 is 2.31 bits per heavy atom. The second kappa shape index (κ2) is 5.94. The fourth-order valence-electron chi connectivity index (χ4n) is 1.05. The minimum Gasteiger partial charge on any atom is -0.348 e. The molecule has 0 saturated carbocycles. The monoisotopic (exact) mass is 187 g/mol. The van der Waals surface area contributed by atoms with Crippen LogP contribution in [0.1, 0.15) is 13.8 Å². The van der Waals surface area contributed by atoms with Crippen molar-refractivity contribution >= 4 is 5.91 Å². The summed E-state index contributed by atoms with van der Waals surface area (Å²) in [5.74, 6) is 0.127. The molecule has 4 heteroatoms. The van der Waals surface area contributed by atoms with Crippen LogP contribution in [0.4, 0.5) is 0 Å². The standard InChI is InChI=1S/C9H21N3O/c1-5-12(6-8(2)10)7-9(13)11(3)4/h8H,5-7,10H2,1-4H3. The average Bonchev–Trinajstić information content (AvgIpc) is 2.02. The molecule has 1 amide bonds. The first kappa shape index (κ1) is 12.4. The predicted octanol–water partition coefficient (Wildman–Crippen LogP) is -0.256. The molecule has 2 N–H and O–H groups in total. The average molecular weight is 187 g/mol. The quantitative estimate of drug-likeness (QED) is 0.645. The fourth-order valence-corrected chi connectivity index (χ4v) is 1.05. The van der Waals surface area contributed by atoms with Crippen LogP contribution in [0.5, 0.6) is 0 Å². The number of carbonyl (C=O) groups excluding carboxylic acids is 1. The Kier molecular flexibility index (Phi) is 5.66. The van der Waals surface area contributed by atoms with E-state index in [9.17, 15) is 4.79 Å². The van der Waals surface area contributed by atoms with Crippen molar-refractivity contribution in [3.8, 4) is 0 Å². The summed E-state index contributed by atoms with van der Waals surface area (Å²) < 4.78 is 0. The summed E-state index contributed by atoms with van der Waals surface area (Å²) in [7, 11) is 3.53. The molecule has 0 aromatic rings. The van der Waals surface area contributed by atoms with Crippen LogP contribution in [0.2, 0.25) is 0 Å². The normalized spacial score (nSPS) is 13.1. The fraction of sp³-hybridized carbons (Fsp3) is 0.889. The van der Waals surface area contributed by atoms with Crippen molar-refractivity contribution in [1.82, 2.24) is 9.80 Å². The second-order valence-corrected chi connectivity index (χ2v) is 3.59. The molecule has 0 aliphatic carbocycles. The third-order valence-electron chi connectivity index (χ3n) is 1.85. The number of rotatable bonds is 5. The van der Waals surface area contributed by atoms with E-state index >= 15 is 0 Å². The van der Waals surface area contributed by atoms with Crippen LogP contribution in [0, 0.1) is 0 Å². The SMILES string of the molecule is CCN(CC(=O)N(C)C)CC(C)N. The van der Waals surface area contributed by atoms with Crippen LogP contribution >= 0.6 is 0 Å². The van der Waals surface area contributed by atoms with Gasteiger partial charge in [0.15, 0.2) is 0 Å². The lowest BCUT2D eigenvalue weighted by Crippen LogP contribution is -2.41. The molecule has 0 spiro atoms. The largest absolute Gasteiger partial charge is 0.348 e. The highest BCUT2D eigenvalue weighted by molar-refractivity contribution is 5.77. The van der Waals surface area contributed by atoms with Gasteiger partial charge in [-0.15, -0.1) is 0 Å². The summed E-state index contributed by atoms with van der Waals surface area (Å²) in [6, 6.07) is 0.120. The molecular weight excluding hydrogens is 166 g/mol. The van der Waals surface area contributed by atoms with Crippen molar-refractivity contribution in [3.63, 3.8) is 0 Å². The molecule has 0 saturated heterocycles. The summed E-state index contributed by atoms with van der Waals surface area (Å²) in [6.45, 7) is 6.08. The maximum Gasteiger partial charge on any atom is 0.236 e. The van der Waals surface area contributed by atoms with Crippen molar-refractivity contribution in [2.75, 3.05) is 33.7 Å². The van der Waals surface area contributed by atoms with Gasteiger partial charge in [-0.3, -0.25) is 9.69 Å². The van der Waals surface area contributed by atoms with Crippen molar-refractivity contribution in [3.05, 3.63) is 0 Å². The Labute approximate surface area is 80.7 Å². The van der Waals surface area contributed by atoms with Crippen LogP contribution < -0.4 is 5.73 Å². The minimum absolute atomic E-state index is 0.120. The van der Waals surface area contributed by atoms with Crippen LogP contribution in [0.3, 0.4) is 0 Å². The number of hydrogen-bond acceptors (Lipinski definition) is 3. The molecule has 1 atom stereocenters. The molecule has 0 heterocycles. The van der Waals surface area contributed by atoms with Crippen LogP contribution in [-0.4, -0.2) is 55.5 Å². The van der Waals surface area contributed by atoms with Gasteiger partial charge in [0.2, 0.25) is 5.91 Å². The molecule has 1 unspecified atom stereocenters. The zero-order valence-corrected chi connectivity index (χ0v) is 9.08. The van der Waals surface area contributed by atoms with Crippen LogP contribution in [0.15, 0.2) is 0 Å². The van der Waals surface area contributed by atoms with Crippen LogP contribution in [-0.2, 0) is 4.79 Å². The summed E-state index contributed by atoms with van der Waals surface area (Å²) in [6.07, 6.45) is 0. The summed E-state index contributed by atoms with van der Waals surface area (Å²) >= 11 is 0. The van der Waals surface area contributed by atoms with Crippen molar-refractivity contribution in [2.45, 2.75) is 19.9 Å². The first-order valence-electron chi connectivity index (χ1n) is 4.65. The zero-order valence-electron chi connectivity index (χ0n) is 9.08. The molecule has 0 aromatic heterocycles. The highest BCUT2D eigenvalue weighted by Crippen LogP contribution is 1.92. The molecule has 0 fully saturated rings. The highest BCUT2D eigenvalue weighted by Gasteiger charge is 2.11. The Balaban J connectivity index is 3.90. The Hall–Kier alpha value is -0.610. The van der Waals surface area contributed by atoms with Gasteiger partial charge in [-0.2, -0.15) is 0 Å². The molecule has 0 rings (SSSR count). The van der Waals surface area contributed by atoms with E-state index in [1.807, 2.05) is 18.7 Å². The minimum atomic E-state index is 0.120. The van der Waals surface area contributed by atoms with Gasteiger partial charge in [0.25, 0.3) is 0 Å². The summed E-state index contributed by atoms with van der Waals surface area (Å²) in [5.41, 5.74) is 5.65. The number of hydrogen-bond donors (Lipinski definition) is 1. The molecule has 0 aliphatic heterocycles. The number of carbonyl (C=O) groups is 1. The first-order chi connectivity index (χ1) is 5.97. The lowest BCUT2D eigenvalue weighted by molar-refractivity contribution is -0.129. The number of likely N-dealkylation sites (N-methyl/N-ethyl adjacent to an activating group) is 2. The predicted molar refractivity (Wildman–Crippen MR) is 54.5 cm³/mol. The van der Waals surface area contributed by atoms with Crippen molar-refractivity contribution in [2.24, 2.45) is 5.73 Å². The third-order valence-corrected chi connectivity index (χ3v) is 1.85. The van der Waals surface area contributed by atoms with Gasteiger partial charge in [-0.05, 0) is 13.5 Å². The van der Waals surface area contributed by atoms with Crippen molar-refractivity contribution in [1.29, 1.82) is 0 Å². The van der Waals surface area contributed by atoms with E-state index in [0.717, 1.165) is 13.1 Å².